The van der Waals surface area contributed by atoms with Crippen molar-refractivity contribution in [1.82, 2.24) is 10.6 Å². The Morgan fingerprint density at radius 2 is 2.19 bits per heavy atom. The van der Waals surface area contributed by atoms with E-state index < -0.39 is 0 Å². The van der Waals surface area contributed by atoms with Crippen LogP contribution >= 0.6 is 0 Å². The molecule has 5 heteroatoms. The first kappa shape index (κ1) is 13.4. The van der Waals surface area contributed by atoms with Gasteiger partial charge >= 0.3 is 0 Å². The third kappa shape index (κ3) is 6.05. The second-order valence-corrected chi connectivity index (χ2v) is 3.96. The molecule has 0 radical (unpaired) electrons. The molecule has 0 atom stereocenters. The highest BCUT2D eigenvalue weighted by Gasteiger charge is 2.13. The SMILES string of the molecule is COCCCNC(=O)CNC1CCOCC1. The Balaban J connectivity index is 1.96. The van der Waals surface area contributed by atoms with Crippen LogP contribution in [-0.2, 0) is 14.3 Å². The van der Waals surface area contributed by atoms with Crippen LogP contribution in [0.15, 0.2) is 0 Å². The number of carbonyl (C=O) groups excluding carboxylic acids is 1. The average Bonchev–Trinajstić information content (AvgIpc) is 2.33. The van der Waals surface area contributed by atoms with Gasteiger partial charge in [-0.15, -0.1) is 0 Å². The molecule has 0 aromatic heterocycles. The molecule has 0 spiro atoms. The number of nitrogens with one attached hydrogen (secondary N) is 2. The molecule has 1 heterocycles. The Labute approximate surface area is 96.9 Å². The zero-order valence-corrected chi connectivity index (χ0v) is 9.96. The molecule has 0 aliphatic carbocycles. The van der Waals surface area contributed by atoms with Crippen LogP contribution in [0.2, 0.25) is 0 Å². The van der Waals surface area contributed by atoms with Gasteiger partial charge in [0.05, 0.1) is 6.54 Å². The molecule has 1 rings (SSSR count). The van der Waals surface area contributed by atoms with Gasteiger partial charge in [0.25, 0.3) is 0 Å². The molecule has 0 aromatic carbocycles. The third-order valence-corrected chi connectivity index (χ3v) is 2.62. The monoisotopic (exact) mass is 230 g/mol. The van der Waals surface area contributed by atoms with Gasteiger partial charge in [-0.3, -0.25) is 4.79 Å². The number of hydrogen-bond donors (Lipinski definition) is 2. The summed E-state index contributed by atoms with van der Waals surface area (Å²) in [6, 6.07) is 0.429. The fraction of sp³-hybridized carbons (Fsp3) is 0.909. The van der Waals surface area contributed by atoms with Gasteiger partial charge in [-0.1, -0.05) is 0 Å². The molecule has 0 bridgehead atoms. The number of carbonyl (C=O) groups is 1. The van der Waals surface area contributed by atoms with Crippen molar-refractivity contribution >= 4 is 5.91 Å². The molecular weight excluding hydrogens is 208 g/mol. The van der Waals surface area contributed by atoms with E-state index in [9.17, 15) is 4.79 Å². The van der Waals surface area contributed by atoms with Crippen molar-refractivity contribution in [3.8, 4) is 0 Å². The van der Waals surface area contributed by atoms with Gasteiger partial charge in [0, 0.05) is 39.5 Å². The zero-order chi connectivity index (χ0) is 11.6. The van der Waals surface area contributed by atoms with Crippen LogP contribution in [0.1, 0.15) is 19.3 Å². The summed E-state index contributed by atoms with van der Waals surface area (Å²) in [6.45, 7) is 3.37. The second-order valence-electron chi connectivity index (χ2n) is 3.96. The van der Waals surface area contributed by atoms with Gasteiger partial charge < -0.3 is 20.1 Å². The van der Waals surface area contributed by atoms with E-state index in [1.165, 1.54) is 0 Å². The maximum Gasteiger partial charge on any atom is 0.233 e. The molecule has 0 aromatic rings. The van der Waals surface area contributed by atoms with E-state index in [1.807, 2.05) is 0 Å². The maximum atomic E-state index is 11.4. The van der Waals surface area contributed by atoms with Gasteiger partial charge in [-0.05, 0) is 19.3 Å². The first-order valence-corrected chi connectivity index (χ1v) is 5.89. The van der Waals surface area contributed by atoms with Crippen LogP contribution in [0.25, 0.3) is 0 Å². The highest BCUT2D eigenvalue weighted by molar-refractivity contribution is 5.77. The van der Waals surface area contributed by atoms with E-state index in [0.29, 0.717) is 25.7 Å². The highest BCUT2D eigenvalue weighted by Crippen LogP contribution is 2.05. The standard InChI is InChI=1S/C11H22N2O3/c1-15-6-2-5-12-11(14)9-13-10-3-7-16-8-4-10/h10,13H,2-9H2,1H3,(H,12,14). The molecule has 1 amide bonds. The number of hydrogen-bond acceptors (Lipinski definition) is 4. The van der Waals surface area contributed by atoms with Crippen molar-refractivity contribution in [1.29, 1.82) is 0 Å². The van der Waals surface area contributed by atoms with Crippen molar-refractivity contribution in [2.24, 2.45) is 0 Å². The van der Waals surface area contributed by atoms with Gasteiger partial charge in [0.1, 0.15) is 0 Å². The molecule has 0 saturated carbocycles. The summed E-state index contributed by atoms with van der Waals surface area (Å²) >= 11 is 0. The van der Waals surface area contributed by atoms with Crippen LogP contribution in [0.4, 0.5) is 0 Å². The minimum atomic E-state index is 0.0580. The van der Waals surface area contributed by atoms with Crippen molar-refractivity contribution in [3.05, 3.63) is 0 Å². The summed E-state index contributed by atoms with van der Waals surface area (Å²) in [4.78, 5) is 11.4. The lowest BCUT2D eigenvalue weighted by molar-refractivity contribution is -0.120. The Bertz CT molecular complexity index is 194. The number of ether oxygens (including phenoxy) is 2. The maximum absolute atomic E-state index is 11.4. The average molecular weight is 230 g/mol. The Hall–Kier alpha value is -0.650. The fourth-order valence-corrected chi connectivity index (χ4v) is 1.65. The van der Waals surface area contributed by atoms with Gasteiger partial charge in [-0.25, -0.2) is 0 Å². The molecule has 1 fully saturated rings. The zero-order valence-electron chi connectivity index (χ0n) is 9.96. The molecule has 2 N–H and O–H groups in total. The Kier molecular flexibility index (Phi) is 7.12. The van der Waals surface area contributed by atoms with E-state index in [2.05, 4.69) is 10.6 Å². The first-order valence-electron chi connectivity index (χ1n) is 5.89. The molecule has 1 saturated heterocycles. The summed E-state index contributed by atoms with van der Waals surface area (Å²) in [5.41, 5.74) is 0. The van der Waals surface area contributed by atoms with Crippen LogP contribution in [0.3, 0.4) is 0 Å². The van der Waals surface area contributed by atoms with E-state index in [0.717, 1.165) is 32.5 Å². The van der Waals surface area contributed by atoms with Gasteiger partial charge in [-0.2, -0.15) is 0 Å². The van der Waals surface area contributed by atoms with Crippen molar-refractivity contribution in [2.45, 2.75) is 25.3 Å². The summed E-state index contributed by atoms with van der Waals surface area (Å²) in [5, 5.41) is 6.08. The van der Waals surface area contributed by atoms with Gasteiger partial charge in [0.15, 0.2) is 0 Å². The molecule has 94 valence electrons. The van der Waals surface area contributed by atoms with E-state index in [4.69, 9.17) is 9.47 Å². The van der Waals surface area contributed by atoms with E-state index >= 15 is 0 Å². The second kappa shape index (κ2) is 8.50. The summed E-state index contributed by atoms with van der Waals surface area (Å²) in [5.74, 6) is 0.0580. The molecule has 0 unspecified atom stereocenters. The molecular formula is C11H22N2O3. The highest BCUT2D eigenvalue weighted by atomic mass is 16.5. The fourth-order valence-electron chi connectivity index (χ4n) is 1.65. The quantitative estimate of drug-likeness (QED) is 0.600. The summed E-state index contributed by atoms with van der Waals surface area (Å²) in [7, 11) is 1.66. The van der Waals surface area contributed by atoms with Crippen molar-refractivity contribution < 1.29 is 14.3 Å². The lowest BCUT2D eigenvalue weighted by Gasteiger charge is -2.22. The predicted octanol–water partition coefficient (Wildman–Crippen LogP) is -0.0923. The van der Waals surface area contributed by atoms with Crippen LogP contribution in [0, 0.1) is 0 Å². The predicted molar refractivity (Wildman–Crippen MR) is 61.3 cm³/mol. The van der Waals surface area contributed by atoms with E-state index in [1.54, 1.807) is 7.11 Å². The van der Waals surface area contributed by atoms with Crippen LogP contribution in [0.5, 0.6) is 0 Å². The lowest BCUT2D eigenvalue weighted by atomic mass is 10.1. The minimum absolute atomic E-state index is 0.0580. The summed E-state index contributed by atoms with van der Waals surface area (Å²) < 4.78 is 10.1. The number of rotatable bonds is 7. The van der Waals surface area contributed by atoms with Crippen molar-refractivity contribution in [3.63, 3.8) is 0 Å². The van der Waals surface area contributed by atoms with E-state index in [-0.39, 0.29) is 5.91 Å². The molecule has 5 nitrogen and oxygen atoms in total. The summed E-state index contributed by atoms with van der Waals surface area (Å²) in [6.07, 6.45) is 2.85. The first-order chi connectivity index (χ1) is 7.83. The van der Waals surface area contributed by atoms with Crippen LogP contribution in [-0.4, -0.2) is 52.0 Å². The minimum Gasteiger partial charge on any atom is -0.385 e. The smallest absolute Gasteiger partial charge is 0.233 e. The molecule has 1 aliphatic rings. The van der Waals surface area contributed by atoms with Crippen LogP contribution < -0.4 is 10.6 Å². The van der Waals surface area contributed by atoms with Gasteiger partial charge in [0.2, 0.25) is 5.91 Å². The Morgan fingerprint density at radius 1 is 1.44 bits per heavy atom. The van der Waals surface area contributed by atoms with Crippen molar-refractivity contribution in [2.75, 3.05) is 40.0 Å². The lowest BCUT2D eigenvalue weighted by Crippen LogP contribution is -2.41. The normalized spacial score (nSPS) is 17.3. The molecule has 1 aliphatic heterocycles. The largest absolute Gasteiger partial charge is 0.385 e. The number of amides is 1. The molecule has 16 heavy (non-hydrogen) atoms. The third-order valence-electron chi connectivity index (χ3n) is 2.62. The Morgan fingerprint density at radius 3 is 2.88 bits per heavy atom. The number of methoxy groups -OCH3 is 1. The topological polar surface area (TPSA) is 59.6 Å².